The minimum Gasteiger partial charge on any atom is -0.330 e. The molecule has 0 spiro atoms. The van der Waals surface area contributed by atoms with Crippen LogP contribution < -0.4 is 0 Å². The Bertz CT molecular complexity index is 1240. The van der Waals surface area contributed by atoms with Crippen molar-refractivity contribution in [1.29, 1.82) is 0 Å². The highest BCUT2D eigenvalue weighted by atomic mass is 16.2. The number of amides is 1. The molecule has 3 aromatic heterocycles. The van der Waals surface area contributed by atoms with Gasteiger partial charge < -0.3 is 4.90 Å². The van der Waals surface area contributed by atoms with E-state index in [4.69, 9.17) is 4.98 Å². The Morgan fingerprint density at radius 2 is 1.97 bits per heavy atom. The standard InChI is InChI=1S/C26H28N6O/c1-19(2)25-27-13-16-32(25)24-11-4-9-22(29-24)23-10-5-15-31(23)26(33)21-8-3-7-20(17-21)18-30-14-6-12-28-30/h3-4,6-9,11-14,16-17,19,23H,5,10,15,18H2,1-2H3. The number of likely N-dealkylation sites (tertiary alicyclic amines) is 1. The molecule has 0 aliphatic carbocycles. The number of hydrogen-bond donors (Lipinski definition) is 0. The first-order chi connectivity index (χ1) is 16.1. The molecule has 168 valence electrons. The summed E-state index contributed by atoms with van der Waals surface area (Å²) in [5.74, 6) is 2.17. The summed E-state index contributed by atoms with van der Waals surface area (Å²) in [5.41, 5.74) is 2.69. The third-order valence-electron chi connectivity index (χ3n) is 6.12. The molecule has 1 atom stereocenters. The van der Waals surface area contributed by atoms with Gasteiger partial charge in [0, 0.05) is 42.8 Å². The Morgan fingerprint density at radius 3 is 2.79 bits per heavy atom. The second-order valence-corrected chi connectivity index (χ2v) is 8.79. The molecule has 1 amide bonds. The van der Waals surface area contributed by atoms with Crippen molar-refractivity contribution in [3.05, 3.63) is 96.0 Å². The van der Waals surface area contributed by atoms with Gasteiger partial charge in [0.2, 0.25) is 0 Å². The van der Waals surface area contributed by atoms with Crippen LogP contribution >= 0.6 is 0 Å². The van der Waals surface area contributed by atoms with Crippen LogP contribution in [0, 0.1) is 0 Å². The molecule has 1 fully saturated rings. The third kappa shape index (κ3) is 4.31. The second-order valence-electron chi connectivity index (χ2n) is 8.79. The monoisotopic (exact) mass is 440 g/mol. The van der Waals surface area contributed by atoms with E-state index in [0.29, 0.717) is 18.0 Å². The predicted octanol–water partition coefficient (Wildman–Crippen LogP) is 4.61. The zero-order valence-corrected chi connectivity index (χ0v) is 19.0. The van der Waals surface area contributed by atoms with Crippen LogP contribution in [0.3, 0.4) is 0 Å². The molecule has 4 heterocycles. The summed E-state index contributed by atoms with van der Waals surface area (Å²) in [4.78, 5) is 24.9. The first-order valence-electron chi connectivity index (χ1n) is 11.5. The van der Waals surface area contributed by atoms with Gasteiger partial charge >= 0.3 is 0 Å². The maximum atomic E-state index is 13.5. The molecule has 1 saturated heterocycles. The van der Waals surface area contributed by atoms with Crippen LogP contribution in [0.1, 0.15) is 66.1 Å². The molecule has 0 saturated carbocycles. The first-order valence-corrected chi connectivity index (χ1v) is 11.5. The van der Waals surface area contributed by atoms with Crippen molar-refractivity contribution in [1.82, 2.24) is 29.2 Å². The molecule has 7 nitrogen and oxygen atoms in total. The normalized spacial score (nSPS) is 16.0. The fourth-order valence-corrected chi connectivity index (χ4v) is 4.56. The number of carbonyl (C=O) groups is 1. The minimum absolute atomic E-state index is 0.0294. The number of aromatic nitrogens is 5. The molecular formula is C26H28N6O. The Labute approximate surface area is 193 Å². The largest absolute Gasteiger partial charge is 0.330 e. The minimum atomic E-state index is -0.0294. The summed E-state index contributed by atoms with van der Waals surface area (Å²) in [6.07, 6.45) is 9.33. The Morgan fingerprint density at radius 1 is 1.09 bits per heavy atom. The maximum Gasteiger partial charge on any atom is 0.254 e. The third-order valence-corrected chi connectivity index (χ3v) is 6.12. The highest BCUT2D eigenvalue weighted by molar-refractivity contribution is 5.94. The highest BCUT2D eigenvalue weighted by Gasteiger charge is 2.32. The van der Waals surface area contributed by atoms with E-state index in [-0.39, 0.29) is 11.9 Å². The zero-order valence-electron chi connectivity index (χ0n) is 19.0. The molecule has 7 heteroatoms. The quantitative estimate of drug-likeness (QED) is 0.439. The number of pyridine rings is 1. The van der Waals surface area contributed by atoms with Gasteiger partial charge in [0.05, 0.1) is 18.3 Å². The molecule has 33 heavy (non-hydrogen) atoms. The zero-order chi connectivity index (χ0) is 22.8. The summed E-state index contributed by atoms with van der Waals surface area (Å²) < 4.78 is 3.90. The number of imidazole rings is 1. The summed E-state index contributed by atoms with van der Waals surface area (Å²) in [6.45, 7) is 5.63. The van der Waals surface area contributed by atoms with Gasteiger partial charge in [0.25, 0.3) is 5.91 Å². The van der Waals surface area contributed by atoms with Gasteiger partial charge in [-0.15, -0.1) is 0 Å². The molecular weight excluding hydrogens is 412 g/mol. The van der Waals surface area contributed by atoms with E-state index in [2.05, 4.69) is 23.9 Å². The predicted molar refractivity (Wildman–Crippen MR) is 126 cm³/mol. The van der Waals surface area contributed by atoms with Crippen LogP contribution in [0.4, 0.5) is 0 Å². The summed E-state index contributed by atoms with van der Waals surface area (Å²) in [6, 6.07) is 15.8. The number of hydrogen-bond acceptors (Lipinski definition) is 4. The van der Waals surface area contributed by atoms with Crippen molar-refractivity contribution in [3.8, 4) is 5.82 Å². The fourth-order valence-electron chi connectivity index (χ4n) is 4.56. The topological polar surface area (TPSA) is 68.8 Å². The molecule has 5 rings (SSSR count). The maximum absolute atomic E-state index is 13.5. The van der Waals surface area contributed by atoms with Crippen LogP contribution in [0.2, 0.25) is 0 Å². The van der Waals surface area contributed by atoms with E-state index in [0.717, 1.165) is 42.3 Å². The number of benzene rings is 1. The van der Waals surface area contributed by atoms with E-state index >= 15 is 0 Å². The highest BCUT2D eigenvalue weighted by Crippen LogP contribution is 2.33. The lowest BCUT2D eigenvalue weighted by atomic mass is 10.1. The van der Waals surface area contributed by atoms with Crippen LogP contribution in [-0.4, -0.2) is 41.7 Å². The summed E-state index contributed by atoms with van der Waals surface area (Å²) >= 11 is 0. The van der Waals surface area contributed by atoms with Crippen LogP contribution in [-0.2, 0) is 6.54 Å². The Kier molecular flexibility index (Phi) is 5.77. The summed E-state index contributed by atoms with van der Waals surface area (Å²) in [5, 5.41) is 4.27. The number of rotatable bonds is 6. The van der Waals surface area contributed by atoms with Crippen molar-refractivity contribution in [2.24, 2.45) is 0 Å². The second kappa shape index (κ2) is 9.02. The van der Waals surface area contributed by atoms with Crippen LogP contribution in [0.15, 0.2) is 73.3 Å². The Hall–Kier alpha value is -3.74. The van der Waals surface area contributed by atoms with Crippen LogP contribution in [0.5, 0.6) is 0 Å². The van der Waals surface area contributed by atoms with E-state index in [1.807, 2.05) is 81.3 Å². The first kappa shape index (κ1) is 21.1. The SMILES string of the molecule is CC(C)c1nccn1-c1cccc(C2CCCN2C(=O)c2cccc(Cn3cccn3)c2)n1. The van der Waals surface area contributed by atoms with Crippen molar-refractivity contribution in [3.63, 3.8) is 0 Å². The molecule has 1 aromatic carbocycles. The van der Waals surface area contributed by atoms with Gasteiger partial charge in [-0.1, -0.05) is 32.0 Å². The van der Waals surface area contributed by atoms with E-state index in [1.54, 1.807) is 6.20 Å². The van der Waals surface area contributed by atoms with Gasteiger partial charge in [0.1, 0.15) is 11.6 Å². The molecule has 0 radical (unpaired) electrons. The van der Waals surface area contributed by atoms with Crippen molar-refractivity contribution in [2.75, 3.05) is 6.54 Å². The molecule has 4 aromatic rings. The summed E-state index contributed by atoms with van der Waals surface area (Å²) in [7, 11) is 0. The van der Waals surface area contributed by atoms with Gasteiger partial charge in [-0.25, -0.2) is 9.97 Å². The van der Waals surface area contributed by atoms with Crippen molar-refractivity contribution < 1.29 is 4.79 Å². The lowest BCUT2D eigenvalue weighted by molar-refractivity contribution is 0.0732. The van der Waals surface area contributed by atoms with E-state index < -0.39 is 0 Å². The van der Waals surface area contributed by atoms with Crippen LogP contribution in [0.25, 0.3) is 5.82 Å². The van der Waals surface area contributed by atoms with Gasteiger partial charge in [-0.2, -0.15) is 5.10 Å². The molecule has 0 bridgehead atoms. The molecule has 1 aliphatic rings. The lowest BCUT2D eigenvalue weighted by Crippen LogP contribution is -2.31. The van der Waals surface area contributed by atoms with Gasteiger partial charge in [-0.3, -0.25) is 14.0 Å². The van der Waals surface area contributed by atoms with E-state index in [9.17, 15) is 4.79 Å². The lowest BCUT2D eigenvalue weighted by Gasteiger charge is -2.25. The molecule has 1 aliphatic heterocycles. The van der Waals surface area contributed by atoms with Gasteiger partial charge in [-0.05, 0) is 48.7 Å². The van der Waals surface area contributed by atoms with E-state index in [1.165, 1.54) is 0 Å². The Balaban J connectivity index is 1.40. The van der Waals surface area contributed by atoms with Crippen molar-refractivity contribution in [2.45, 2.75) is 45.2 Å². The number of carbonyl (C=O) groups excluding carboxylic acids is 1. The fraction of sp³-hybridized carbons (Fsp3) is 0.308. The smallest absolute Gasteiger partial charge is 0.254 e. The average Bonchev–Trinajstić information content (AvgIpc) is 3.60. The van der Waals surface area contributed by atoms with Gasteiger partial charge in [0.15, 0.2) is 0 Å². The van der Waals surface area contributed by atoms with Crippen molar-refractivity contribution >= 4 is 5.91 Å². The molecule has 0 N–H and O–H groups in total. The molecule has 1 unspecified atom stereocenters. The number of nitrogens with zero attached hydrogens (tertiary/aromatic N) is 6. The average molecular weight is 441 g/mol.